The highest BCUT2D eigenvalue weighted by molar-refractivity contribution is 7.85. The SMILES string of the molecule is Cc1ccc2nc(P(=O)(c3ccccc3)c3ccccc3)c3ccc(C)cc3c2c1. The number of nitrogens with zero attached hydrogens (tertiary/aromatic N) is 1. The van der Waals surface area contributed by atoms with Gasteiger partial charge in [0, 0.05) is 21.4 Å². The van der Waals surface area contributed by atoms with Crippen LogP contribution in [0.5, 0.6) is 0 Å². The van der Waals surface area contributed by atoms with Gasteiger partial charge in [-0.1, -0.05) is 96.1 Å². The molecule has 1 aromatic heterocycles. The molecular formula is C27H22NOP. The minimum absolute atomic E-state index is 0.659. The Balaban J connectivity index is 1.96. The van der Waals surface area contributed by atoms with Crippen LogP contribution in [-0.2, 0) is 4.57 Å². The van der Waals surface area contributed by atoms with Crippen molar-refractivity contribution in [2.75, 3.05) is 0 Å². The lowest BCUT2D eigenvalue weighted by Crippen LogP contribution is -2.27. The van der Waals surface area contributed by atoms with Crippen molar-refractivity contribution in [1.82, 2.24) is 4.98 Å². The molecule has 0 radical (unpaired) electrons. The Morgan fingerprint density at radius 2 is 1.13 bits per heavy atom. The molecule has 3 heteroatoms. The Labute approximate surface area is 176 Å². The molecule has 0 saturated carbocycles. The molecule has 4 aromatic carbocycles. The van der Waals surface area contributed by atoms with Gasteiger partial charge >= 0.3 is 0 Å². The Kier molecular flexibility index (Phi) is 4.53. The zero-order chi connectivity index (χ0) is 20.7. The number of hydrogen-bond donors (Lipinski definition) is 0. The van der Waals surface area contributed by atoms with Gasteiger partial charge in [0.1, 0.15) is 5.44 Å². The fourth-order valence-corrected chi connectivity index (χ4v) is 6.88. The first-order valence-corrected chi connectivity index (χ1v) is 11.8. The normalized spacial score (nSPS) is 11.8. The molecular weight excluding hydrogens is 385 g/mol. The molecule has 0 bridgehead atoms. The van der Waals surface area contributed by atoms with E-state index in [-0.39, 0.29) is 0 Å². The minimum Gasteiger partial charge on any atom is -0.307 e. The molecule has 0 amide bonds. The van der Waals surface area contributed by atoms with Gasteiger partial charge in [-0.3, -0.25) is 0 Å². The summed E-state index contributed by atoms with van der Waals surface area (Å²) < 4.78 is 15.0. The van der Waals surface area contributed by atoms with Crippen LogP contribution < -0.4 is 16.0 Å². The zero-order valence-electron chi connectivity index (χ0n) is 17.0. The number of benzene rings is 4. The Morgan fingerprint density at radius 3 is 1.73 bits per heavy atom. The van der Waals surface area contributed by atoms with E-state index in [9.17, 15) is 4.57 Å². The van der Waals surface area contributed by atoms with Crippen LogP contribution in [0.3, 0.4) is 0 Å². The third-order valence-corrected chi connectivity index (χ3v) is 8.61. The van der Waals surface area contributed by atoms with Crippen LogP contribution in [-0.4, -0.2) is 4.98 Å². The van der Waals surface area contributed by atoms with Gasteiger partial charge < -0.3 is 4.57 Å². The summed E-state index contributed by atoms with van der Waals surface area (Å²) in [6.07, 6.45) is 0. The maximum Gasteiger partial charge on any atom is 0.189 e. The molecule has 0 spiro atoms. The number of rotatable bonds is 3. The third kappa shape index (κ3) is 2.96. The van der Waals surface area contributed by atoms with Crippen molar-refractivity contribution in [3.8, 4) is 0 Å². The quantitative estimate of drug-likeness (QED) is 0.286. The van der Waals surface area contributed by atoms with E-state index in [1.54, 1.807) is 0 Å². The first-order chi connectivity index (χ1) is 14.6. The van der Waals surface area contributed by atoms with Crippen LogP contribution in [0, 0.1) is 13.8 Å². The van der Waals surface area contributed by atoms with E-state index in [0.717, 1.165) is 32.3 Å². The van der Waals surface area contributed by atoms with E-state index in [2.05, 4.69) is 44.2 Å². The van der Waals surface area contributed by atoms with Crippen LogP contribution in [0.4, 0.5) is 0 Å². The minimum atomic E-state index is -3.16. The molecule has 0 aliphatic rings. The van der Waals surface area contributed by atoms with Crippen molar-refractivity contribution in [2.24, 2.45) is 0 Å². The fraction of sp³-hybridized carbons (Fsp3) is 0.0741. The van der Waals surface area contributed by atoms with Gasteiger partial charge in [-0.25, -0.2) is 4.98 Å². The second-order valence-corrected chi connectivity index (χ2v) is 10.5. The largest absolute Gasteiger partial charge is 0.307 e. The molecule has 146 valence electrons. The van der Waals surface area contributed by atoms with Crippen molar-refractivity contribution in [2.45, 2.75) is 13.8 Å². The second-order valence-electron chi connectivity index (χ2n) is 7.79. The van der Waals surface area contributed by atoms with Crippen LogP contribution in [0.15, 0.2) is 97.1 Å². The molecule has 0 aliphatic carbocycles. The van der Waals surface area contributed by atoms with E-state index in [0.29, 0.717) is 5.44 Å². The van der Waals surface area contributed by atoms with E-state index in [1.807, 2.05) is 66.7 Å². The summed E-state index contributed by atoms with van der Waals surface area (Å²) in [5, 5.41) is 4.76. The van der Waals surface area contributed by atoms with Crippen LogP contribution >= 0.6 is 7.14 Å². The summed E-state index contributed by atoms with van der Waals surface area (Å²) in [5.74, 6) is 0. The van der Waals surface area contributed by atoms with Crippen molar-refractivity contribution in [3.63, 3.8) is 0 Å². The maximum atomic E-state index is 15.0. The Morgan fingerprint density at radius 1 is 0.600 bits per heavy atom. The molecule has 5 rings (SSSR count). The van der Waals surface area contributed by atoms with Crippen molar-refractivity contribution in [1.29, 1.82) is 0 Å². The Bertz CT molecular complexity index is 1380. The van der Waals surface area contributed by atoms with Crippen molar-refractivity contribution >= 4 is 44.9 Å². The Hall–Kier alpha value is -3.22. The van der Waals surface area contributed by atoms with Crippen LogP contribution in [0.2, 0.25) is 0 Å². The van der Waals surface area contributed by atoms with E-state index >= 15 is 0 Å². The topological polar surface area (TPSA) is 30.0 Å². The van der Waals surface area contributed by atoms with Gasteiger partial charge in [0.15, 0.2) is 7.14 Å². The van der Waals surface area contributed by atoms with E-state index in [4.69, 9.17) is 4.98 Å². The molecule has 0 atom stereocenters. The summed E-state index contributed by atoms with van der Waals surface area (Å²) in [5.41, 5.74) is 3.90. The molecule has 30 heavy (non-hydrogen) atoms. The molecule has 2 nitrogen and oxygen atoms in total. The number of fused-ring (bicyclic) bond motifs is 3. The standard InChI is InChI=1S/C27H22NOP/c1-19-13-15-23-24(17-19)25-18-20(2)14-16-26(25)28-27(23)30(29,21-9-5-3-6-10-21)22-11-7-4-8-12-22/h3-18H,1-2H3. The summed E-state index contributed by atoms with van der Waals surface area (Å²) in [7, 11) is -3.16. The van der Waals surface area contributed by atoms with Gasteiger partial charge in [-0.2, -0.15) is 0 Å². The average molecular weight is 407 g/mol. The molecule has 0 N–H and O–H groups in total. The number of hydrogen-bond acceptors (Lipinski definition) is 2. The highest BCUT2D eigenvalue weighted by Gasteiger charge is 2.33. The highest BCUT2D eigenvalue weighted by Crippen LogP contribution is 2.44. The fourth-order valence-electron chi connectivity index (χ4n) is 4.12. The summed E-state index contributed by atoms with van der Waals surface area (Å²) >= 11 is 0. The maximum absolute atomic E-state index is 15.0. The number of aryl methyl sites for hydroxylation is 2. The van der Waals surface area contributed by atoms with Gasteiger partial charge in [0.2, 0.25) is 0 Å². The van der Waals surface area contributed by atoms with Crippen LogP contribution in [0.1, 0.15) is 11.1 Å². The molecule has 0 unspecified atom stereocenters. The summed E-state index contributed by atoms with van der Waals surface area (Å²) in [6.45, 7) is 4.18. The lowest BCUT2D eigenvalue weighted by Gasteiger charge is -2.21. The van der Waals surface area contributed by atoms with Crippen molar-refractivity contribution in [3.05, 3.63) is 108 Å². The lowest BCUT2D eigenvalue weighted by atomic mass is 10.0. The highest BCUT2D eigenvalue weighted by atomic mass is 31.2. The molecule has 0 saturated heterocycles. The smallest absolute Gasteiger partial charge is 0.189 e. The zero-order valence-corrected chi connectivity index (χ0v) is 17.9. The molecule has 5 aromatic rings. The van der Waals surface area contributed by atoms with E-state index < -0.39 is 7.14 Å². The van der Waals surface area contributed by atoms with Gasteiger partial charge in [-0.15, -0.1) is 0 Å². The third-order valence-electron chi connectivity index (χ3n) is 5.62. The van der Waals surface area contributed by atoms with Gasteiger partial charge in [0.05, 0.1) is 5.52 Å². The summed E-state index contributed by atoms with van der Waals surface area (Å²) in [6, 6.07) is 32.1. The lowest BCUT2D eigenvalue weighted by molar-refractivity contribution is 0.592. The van der Waals surface area contributed by atoms with Crippen LogP contribution in [0.25, 0.3) is 21.7 Å². The first kappa shape index (κ1) is 18.8. The average Bonchev–Trinajstić information content (AvgIpc) is 2.79. The second kappa shape index (κ2) is 7.23. The number of aromatic nitrogens is 1. The summed E-state index contributed by atoms with van der Waals surface area (Å²) in [4.78, 5) is 5.04. The molecule has 0 fully saturated rings. The monoisotopic (exact) mass is 407 g/mol. The molecule has 1 heterocycles. The van der Waals surface area contributed by atoms with E-state index in [1.165, 1.54) is 11.1 Å². The predicted molar refractivity (Wildman–Crippen MR) is 128 cm³/mol. The molecule has 0 aliphatic heterocycles. The van der Waals surface area contributed by atoms with Gasteiger partial charge in [-0.05, 0) is 31.4 Å². The number of pyridine rings is 1. The first-order valence-electron chi connectivity index (χ1n) is 10.1. The predicted octanol–water partition coefficient (Wildman–Crippen LogP) is 5.64. The van der Waals surface area contributed by atoms with Crippen molar-refractivity contribution < 1.29 is 4.57 Å². The van der Waals surface area contributed by atoms with Gasteiger partial charge in [0.25, 0.3) is 0 Å².